The van der Waals surface area contributed by atoms with Crippen molar-refractivity contribution in [3.8, 4) is 11.3 Å². The molecule has 1 aromatic carbocycles. The Labute approximate surface area is 110 Å². The first-order valence-electron chi connectivity index (χ1n) is 6.59. The van der Waals surface area contributed by atoms with Crippen molar-refractivity contribution in [2.45, 2.75) is 25.4 Å². The van der Waals surface area contributed by atoms with Crippen molar-refractivity contribution in [2.24, 2.45) is 5.73 Å². The van der Waals surface area contributed by atoms with Crippen molar-refractivity contribution < 1.29 is 4.42 Å². The van der Waals surface area contributed by atoms with E-state index in [0.29, 0.717) is 0 Å². The normalized spacial score (nSPS) is 18.7. The van der Waals surface area contributed by atoms with E-state index in [-0.39, 0.29) is 6.04 Å². The molecule has 1 aliphatic heterocycles. The number of rotatable bonds is 1. The summed E-state index contributed by atoms with van der Waals surface area (Å²) in [6.45, 7) is 0.958. The number of aromatic nitrogens is 2. The molecular formula is C15H15N3O. The van der Waals surface area contributed by atoms with Crippen LogP contribution in [-0.4, -0.2) is 15.6 Å². The van der Waals surface area contributed by atoms with Gasteiger partial charge in [-0.2, -0.15) is 0 Å². The number of para-hydroxylation sites is 1. The smallest absolute Gasteiger partial charge is 0.134 e. The summed E-state index contributed by atoms with van der Waals surface area (Å²) in [6, 6.07) is 8.29. The van der Waals surface area contributed by atoms with Gasteiger partial charge >= 0.3 is 0 Å². The maximum absolute atomic E-state index is 6.08. The van der Waals surface area contributed by atoms with Crippen LogP contribution in [0.3, 0.4) is 0 Å². The zero-order valence-electron chi connectivity index (χ0n) is 10.5. The van der Waals surface area contributed by atoms with Gasteiger partial charge in [0.15, 0.2) is 0 Å². The summed E-state index contributed by atoms with van der Waals surface area (Å²) in [4.78, 5) is 4.57. The van der Waals surface area contributed by atoms with E-state index in [1.807, 2.05) is 24.5 Å². The number of imidazole rings is 1. The zero-order chi connectivity index (χ0) is 12.8. The Morgan fingerprint density at radius 3 is 3.16 bits per heavy atom. The van der Waals surface area contributed by atoms with E-state index in [4.69, 9.17) is 10.2 Å². The largest absolute Gasteiger partial charge is 0.464 e. The van der Waals surface area contributed by atoms with E-state index in [0.717, 1.165) is 41.6 Å². The maximum Gasteiger partial charge on any atom is 0.134 e. The molecule has 0 saturated carbocycles. The molecule has 0 aliphatic carbocycles. The second-order valence-electron chi connectivity index (χ2n) is 5.13. The molecule has 0 radical (unpaired) electrons. The molecule has 2 aromatic heterocycles. The number of nitrogens with two attached hydrogens (primary N) is 1. The molecule has 0 bridgehead atoms. The van der Waals surface area contributed by atoms with Gasteiger partial charge in [0.1, 0.15) is 11.8 Å². The molecule has 96 valence electrons. The van der Waals surface area contributed by atoms with Crippen LogP contribution in [0.4, 0.5) is 0 Å². The van der Waals surface area contributed by atoms with E-state index in [9.17, 15) is 0 Å². The van der Waals surface area contributed by atoms with E-state index >= 15 is 0 Å². The first kappa shape index (κ1) is 10.8. The van der Waals surface area contributed by atoms with Gasteiger partial charge in [-0.3, -0.25) is 0 Å². The number of fused-ring (bicyclic) bond motifs is 2. The standard InChI is InChI=1S/C15H15N3O/c16-10-5-6-18-9-17-15(13(18)7-10)12-8-19-14-4-2-1-3-11(12)14/h1-4,8-10H,5-7,16H2. The van der Waals surface area contributed by atoms with Crippen LogP contribution in [0.1, 0.15) is 12.1 Å². The highest BCUT2D eigenvalue weighted by Gasteiger charge is 2.22. The highest BCUT2D eigenvalue weighted by molar-refractivity contribution is 5.93. The number of nitrogens with zero attached hydrogens (tertiary/aromatic N) is 2. The molecular weight excluding hydrogens is 238 g/mol. The SMILES string of the molecule is NC1CCn2cnc(-c3coc4ccccc34)c2C1. The van der Waals surface area contributed by atoms with Gasteiger partial charge in [0.25, 0.3) is 0 Å². The monoisotopic (exact) mass is 253 g/mol. The summed E-state index contributed by atoms with van der Waals surface area (Å²) in [5, 5.41) is 1.11. The van der Waals surface area contributed by atoms with Gasteiger partial charge < -0.3 is 14.7 Å². The molecule has 0 spiro atoms. The number of hydrogen-bond acceptors (Lipinski definition) is 3. The predicted molar refractivity (Wildman–Crippen MR) is 73.7 cm³/mol. The minimum atomic E-state index is 0.237. The Bertz CT molecular complexity index is 741. The Morgan fingerprint density at radius 2 is 2.21 bits per heavy atom. The molecule has 4 nitrogen and oxygen atoms in total. The fourth-order valence-electron chi connectivity index (χ4n) is 2.86. The van der Waals surface area contributed by atoms with E-state index in [1.165, 1.54) is 5.69 Å². The molecule has 0 fully saturated rings. The number of hydrogen-bond donors (Lipinski definition) is 1. The van der Waals surface area contributed by atoms with Crippen LogP contribution in [0.25, 0.3) is 22.2 Å². The Hall–Kier alpha value is -2.07. The molecule has 3 heterocycles. The van der Waals surface area contributed by atoms with E-state index < -0.39 is 0 Å². The quantitative estimate of drug-likeness (QED) is 0.725. The lowest BCUT2D eigenvalue weighted by atomic mass is 10.0. The third-order valence-electron chi connectivity index (χ3n) is 3.88. The third kappa shape index (κ3) is 1.60. The van der Waals surface area contributed by atoms with Gasteiger partial charge in [-0.1, -0.05) is 18.2 Å². The maximum atomic E-state index is 6.08. The molecule has 19 heavy (non-hydrogen) atoms. The summed E-state index contributed by atoms with van der Waals surface area (Å²) in [7, 11) is 0. The van der Waals surface area contributed by atoms with Crippen LogP contribution in [0.15, 0.2) is 41.3 Å². The molecule has 1 atom stereocenters. The van der Waals surface area contributed by atoms with Gasteiger partial charge in [0.05, 0.1) is 12.0 Å². The summed E-state index contributed by atoms with van der Waals surface area (Å²) in [5.74, 6) is 0. The average Bonchev–Trinajstić information content (AvgIpc) is 3.01. The molecule has 0 amide bonds. The van der Waals surface area contributed by atoms with Gasteiger partial charge in [0.2, 0.25) is 0 Å². The number of benzene rings is 1. The van der Waals surface area contributed by atoms with Crippen molar-refractivity contribution in [1.82, 2.24) is 9.55 Å². The van der Waals surface area contributed by atoms with Crippen molar-refractivity contribution in [2.75, 3.05) is 0 Å². The van der Waals surface area contributed by atoms with Crippen LogP contribution >= 0.6 is 0 Å². The molecule has 0 saturated heterocycles. The fraction of sp³-hybridized carbons (Fsp3) is 0.267. The first-order chi connectivity index (χ1) is 9.33. The zero-order valence-corrected chi connectivity index (χ0v) is 10.5. The summed E-state index contributed by atoms with van der Waals surface area (Å²) in [5.41, 5.74) is 10.3. The van der Waals surface area contributed by atoms with E-state index in [2.05, 4.69) is 15.6 Å². The van der Waals surface area contributed by atoms with Gasteiger partial charge in [0, 0.05) is 35.7 Å². The van der Waals surface area contributed by atoms with Crippen LogP contribution in [0.2, 0.25) is 0 Å². The van der Waals surface area contributed by atoms with Crippen molar-refractivity contribution in [3.05, 3.63) is 42.5 Å². The lowest BCUT2D eigenvalue weighted by Gasteiger charge is -2.20. The molecule has 1 aliphatic rings. The Morgan fingerprint density at radius 1 is 1.32 bits per heavy atom. The van der Waals surface area contributed by atoms with Gasteiger partial charge in [-0.25, -0.2) is 4.98 Å². The minimum absolute atomic E-state index is 0.237. The summed E-state index contributed by atoms with van der Waals surface area (Å²) < 4.78 is 7.82. The highest BCUT2D eigenvalue weighted by atomic mass is 16.3. The summed E-state index contributed by atoms with van der Waals surface area (Å²) >= 11 is 0. The van der Waals surface area contributed by atoms with Crippen LogP contribution in [0, 0.1) is 0 Å². The fourth-order valence-corrected chi connectivity index (χ4v) is 2.86. The molecule has 1 unspecified atom stereocenters. The molecule has 4 heteroatoms. The third-order valence-corrected chi connectivity index (χ3v) is 3.88. The first-order valence-corrected chi connectivity index (χ1v) is 6.59. The van der Waals surface area contributed by atoms with Crippen molar-refractivity contribution in [3.63, 3.8) is 0 Å². The van der Waals surface area contributed by atoms with Crippen LogP contribution in [-0.2, 0) is 13.0 Å². The Kier molecular flexibility index (Phi) is 2.26. The van der Waals surface area contributed by atoms with Crippen molar-refractivity contribution >= 4 is 11.0 Å². The topological polar surface area (TPSA) is 57.0 Å². The molecule has 2 N–H and O–H groups in total. The second kappa shape index (κ2) is 3.96. The van der Waals surface area contributed by atoms with Crippen LogP contribution in [0.5, 0.6) is 0 Å². The average molecular weight is 253 g/mol. The number of furan rings is 1. The molecule has 3 aromatic rings. The van der Waals surface area contributed by atoms with Crippen molar-refractivity contribution in [1.29, 1.82) is 0 Å². The number of aryl methyl sites for hydroxylation is 1. The predicted octanol–water partition coefficient (Wildman–Crippen LogP) is 2.57. The van der Waals surface area contributed by atoms with Crippen LogP contribution < -0.4 is 5.73 Å². The van der Waals surface area contributed by atoms with Gasteiger partial charge in [-0.15, -0.1) is 0 Å². The van der Waals surface area contributed by atoms with E-state index in [1.54, 1.807) is 6.26 Å². The second-order valence-corrected chi connectivity index (χ2v) is 5.13. The lowest BCUT2D eigenvalue weighted by molar-refractivity contribution is 0.472. The minimum Gasteiger partial charge on any atom is -0.464 e. The van der Waals surface area contributed by atoms with Gasteiger partial charge in [-0.05, 0) is 12.5 Å². The lowest BCUT2D eigenvalue weighted by Crippen LogP contribution is -2.30. The summed E-state index contributed by atoms with van der Waals surface area (Å²) in [6.07, 6.45) is 5.62. The Balaban J connectivity index is 1.91. The molecule has 4 rings (SSSR count). The highest BCUT2D eigenvalue weighted by Crippen LogP contribution is 2.33.